The Morgan fingerprint density at radius 1 is 1.13 bits per heavy atom. The van der Waals surface area contributed by atoms with Crippen LogP contribution in [0.1, 0.15) is 55.8 Å². The first-order valence-corrected chi connectivity index (χ1v) is 9.30. The Balaban J connectivity index is 1.55. The summed E-state index contributed by atoms with van der Waals surface area (Å²) in [7, 11) is 0. The molecule has 0 spiro atoms. The summed E-state index contributed by atoms with van der Waals surface area (Å²) in [5.74, 6) is 1.60. The molecule has 1 amide bonds. The molecule has 23 heavy (non-hydrogen) atoms. The SMILES string of the molecule is CC1CC(NCC2CCCCC2)CN(C(=O)c2ccccc2)C1. The zero-order valence-electron chi connectivity index (χ0n) is 14.3. The van der Waals surface area contributed by atoms with E-state index in [0.29, 0.717) is 12.0 Å². The topological polar surface area (TPSA) is 32.3 Å². The van der Waals surface area contributed by atoms with E-state index in [1.165, 1.54) is 38.5 Å². The van der Waals surface area contributed by atoms with Crippen molar-refractivity contribution in [3.05, 3.63) is 35.9 Å². The van der Waals surface area contributed by atoms with Crippen molar-refractivity contribution in [2.45, 2.75) is 51.5 Å². The number of rotatable bonds is 4. The molecule has 0 bridgehead atoms. The van der Waals surface area contributed by atoms with Crippen LogP contribution in [0, 0.1) is 11.8 Å². The summed E-state index contributed by atoms with van der Waals surface area (Å²) in [5.41, 5.74) is 0.813. The van der Waals surface area contributed by atoms with Crippen LogP contribution in [-0.2, 0) is 0 Å². The van der Waals surface area contributed by atoms with Gasteiger partial charge in [-0.1, -0.05) is 44.4 Å². The van der Waals surface area contributed by atoms with Crippen molar-refractivity contribution in [1.29, 1.82) is 0 Å². The summed E-state index contributed by atoms with van der Waals surface area (Å²) < 4.78 is 0. The van der Waals surface area contributed by atoms with Gasteiger partial charge in [-0.25, -0.2) is 0 Å². The number of piperidine rings is 1. The Morgan fingerprint density at radius 2 is 1.87 bits per heavy atom. The molecule has 1 saturated heterocycles. The third-order valence-electron chi connectivity index (χ3n) is 5.39. The lowest BCUT2D eigenvalue weighted by atomic mass is 9.88. The van der Waals surface area contributed by atoms with Crippen LogP contribution >= 0.6 is 0 Å². The molecule has 1 aromatic carbocycles. The average molecular weight is 314 g/mol. The first kappa shape index (κ1) is 16.5. The number of carbonyl (C=O) groups excluding carboxylic acids is 1. The van der Waals surface area contributed by atoms with E-state index in [9.17, 15) is 4.79 Å². The van der Waals surface area contributed by atoms with Crippen molar-refractivity contribution in [2.24, 2.45) is 11.8 Å². The van der Waals surface area contributed by atoms with Crippen LogP contribution in [0.2, 0.25) is 0 Å². The lowest BCUT2D eigenvalue weighted by Gasteiger charge is -2.38. The number of amides is 1. The van der Waals surface area contributed by atoms with Gasteiger partial charge in [0.2, 0.25) is 0 Å². The van der Waals surface area contributed by atoms with Gasteiger partial charge >= 0.3 is 0 Å². The van der Waals surface area contributed by atoms with Gasteiger partial charge in [0.05, 0.1) is 0 Å². The standard InChI is InChI=1S/C20H30N2O/c1-16-12-19(21-13-17-8-4-2-5-9-17)15-22(14-16)20(23)18-10-6-3-7-11-18/h3,6-7,10-11,16-17,19,21H,2,4-5,8-9,12-15H2,1H3. The molecule has 1 aliphatic heterocycles. The molecule has 1 N–H and O–H groups in total. The van der Waals surface area contributed by atoms with Gasteiger partial charge in [0, 0.05) is 24.7 Å². The molecule has 2 unspecified atom stereocenters. The van der Waals surface area contributed by atoms with Crippen LogP contribution in [0.25, 0.3) is 0 Å². The fourth-order valence-electron chi connectivity index (χ4n) is 4.15. The molecule has 2 aliphatic rings. The summed E-state index contributed by atoms with van der Waals surface area (Å²) in [5, 5.41) is 3.76. The van der Waals surface area contributed by atoms with Crippen molar-refractivity contribution in [3.8, 4) is 0 Å². The van der Waals surface area contributed by atoms with Crippen molar-refractivity contribution in [3.63, 3.8) is 0 Å². The summed E-state index contributed by atoms with van der Waals surface area (Å²) in [6.45, 7) is 5.13. The van der Waals surface area contributed by atoms with Crippen molar-refractivity contribution in [2.75, 3.05) is 19.6 Å². The van der Waals surface area contributed by atoms with Crippen LogP contribution < -0.4 is 5.32 Å². The summed E-state index contributed by atoms with van der Waals surface area (Å²) in [4.78, 5) is 14.7. The van der Waals surface area contributed by atoms with Crippen LogP contribution in [0.5, 0.6) is 0 Å². The zero-order valence-corrected chi connectivity index (χ0v) is 14.3. The fourth-order valence-corrected chi connectivity index (χ4v) is 4.15. The molecule has 0 aromatic heterocycles. The highest BCUT2D eigenvalue weighted by molar-refractivity contribution is 5.94. The number of carbonyl (C=O) groups is 1. The van der Waals surface area contributed by atoms with Crippen molar-refractivity contribution >= 4 is 5.91 Å². The highest BCUT2D eigenvalue weighted by Gasteiger charge is 2.28. The van der Waals surface area contributed by atoms with E-state index in [1.807, 2.05) is 35.2 Å². The van der Waals surface area contributed by atoms with Crippen molar-refractivity contribution in [1.82, 2.24) is 10.2 Å². The molecule has 2 atom stereocenters. The molecule has 0 radical (unpaired) electrons. The van der Waals surface area contributed by atoms with Gasteiger partial charge in [0.25, 0.3) is 5.91 Å². The van der Waals surface area contributed by atoms with Crippen molar-refractivity contribution < 1.29 is 4.79 Å². The van der Waals surface area contributed by atoms with Gasteiger partial charge in [0.15, 0.2) is 0 Å². The number of hydrogen-bond donors (Lipinski definition) is 1. The van der Waals surface area contributed by atoms with E-state index in [0.717, 1.165) is 31.1 Å². The maximum absolute atomic E-state index is 12.7. The number of likely N-dealkylation sites (tertiary alicyclic amines) is 1. The fraction of sp³-hybridized carbons (Fsp3) is 0.650. The van der Waals surface area contributed by atoms with Crippen LogP contribution in [-0.4, -0.2) is 36.5 Å². The summed E-state index contributed by atoms with van der Waals surface area (Å²) in [6.07, 6.45) is 8.14. The molecule has 1 saturated carbocycles. The van der Waals surface area contributed by atoms with Gasteiger partial charge in [-0.3, -0.25) is 4.79 Å². The Hall–Kier alpha value is -1.35. The molecule has 2 fully saturated rings. The predicted octanol–water partition coefficient (Wildman–Crippen LogP) is 3.71. The quantitative estimate of drug-likeness (QED) is 0.919. The third kappa shape index (κ3) is 4.57. The highest BCUT2D eigenvalue weighted by atomic mass is 16.2. The molecule has 1 aliphatic carbocycles. The molecule has 1 heterocycles. The van der Waals surface area contributed by atoms with Gasteiger partial charge < -0.3 is 10.2 Å². The maximum atomic E-state index is 12.7. The van der Waals surface area contributed by atoms with Gasteiger partial charge in [-0.05, 0) is 49.8 Å². The van der Waals surface area contributed by atoms with E-state index in [2.05, 4.69) is 12.2 Å². The first-order chi connectivity index (χ1) is 11.2. The molecule has 3 nitrogen and oxygen atoms in total. The second kappa shape index (κ2) is 7.96. The Labute approximate surface area is 140 Å². The highest BCUT2D eigenvalue weighted by Crippen LogP contribution is 2.24. The average Bonchev–Trinajstić information content (AvgIpc) is 2.60. The predicted molar refractivity (Wildman–Crippen MR) is 94.5 cm³/mol. The number of hydrogen-bond acceptors (Lipinski definition) is 2. The summed E-state index contributed by atoms with van der Waals surface area (Å²) >= 11 is 0. The molecule has 3 heteroatoms. The van der Waals surface area contributed by atoms with E-state index in [4.69, 9.17) is 0 Å². The first-order valence-electron chi connectivity index (χ1n) is 9.30. The monoisotopic (exact) mass is 314 g/mol. The van der Waals surface area contributed by atoms with E-state index < -0.39 is 0 Å². The van der Waals surface area contributed by atoms with E-state index >= 15 is 0 Å². The van der Waals surface area contributed by atoms with Gasteiger partial charge in [0.1, 0.15) is 0 Å². The Bertz CT molecular complexity index is 496. The molecule has 1 aromatic rings. The summed E-state index contributed by atoms with van der Waals surface area (Å²) in [6, 6.07) is 10.1. The van der Waals surface area contributed by atoms with Gasteiger partial charge in [-0.2, -0.15) is 0 Å². The lowest BCUT2D eigenvalue weighted by Crippen LogP contribution is -2.51. The third-order valence-corrected chi connectivity index (χ3v) is 5.39. The Morgan fingerprint density at radius 3 is 2.61 bits per heavy atom. The zero-order chi connectivity index (χ0) is 16.1. The lowest BCUT2D eigenvalue weighted by molar-refractivity contribution is 0.0637. The molecule has 126 valence electrons. The smallest absolute Gasteiger partial charge is 0.253 e. The molecule has 3 rings (SSSR count). The minimum Gasteiger partial charge on any atom is -0.337 e. The molecular weight excluding hydrogens is 284 g/mol. The number of nitrogens with zero attached hydrogens (tertiary/aromatic N) is 1. The second-order valence-electron chi connectivity index (χ2n) is 7.53. The van der Waals surface area contributed by atoms with Gasteiger partial charge in [-0.15, -0.1) is 0 Å². The minimum atomic E-state index is 0.182. The number of benzene rings is 1. The Kier molecular flexibility index (Phi) is 5.71. The molecular formula is C20H30N2O. The van der Waals surface area contributed by atoms with E-state index in [-0.39, 0.29) is 5.91 Å². The van der Waals surface area contributed by atoms with Crippen LogP contribution in [0.15, 0.2) is 30.3 Å². The number of nitrogens with one attached hydrogen (secondary N) is 1. The van der Waals surface area contributed by atoms with Crippen LogP contribution in [0.3, 0.4) is 0 Å². The van der Waals surface area contributed by atoms with E-state index in [1.54, 1.807) is 0 Å². The largest absolute Gasteiger partial charge is 0.337 e. The second-order valence-corrected chi connectivity index (χ2v) is 7.53. The van der Waals surface area contributed by atoms with Crippen LogP contribution in [0.4, 0.5) is 0 Å². The minimum absolute atomic E-state index is 0.182. The maximum Gasteiger partial charge on any atom is 0.253 e. The normalized spacial score (nSPS) is 26.2.